The van der Waals surface area contributed by atoms with Gasteiger partial charge in [-0.3, -0.25) is 0 Å². The van der Waals surface area contributed by atoms with E-state index >= 15 is 0 Å². The Labute approximate surface area is 626 Å². The van der Waals surface area contributed by atoms with Crippen molar-refractivity contribution in [2.45, 2.75) is 151 Å². The molecule has 0 N–H and O–H groups in total. The van der Waals surface area contributed by atoms with Gasteiger partial charge in [0.25, 0.3) is 0 Å². The molecule has 0 aromatic heterocycles. The summed E-state index contributed by atoms with van der Waals surface area (Å²) in [7, 11) is 0. The first-order valence-corrected chi connectivity index (χ1v) is 39.0. The van der Waals surface area contributed by atoms with Gasteiger partial charge in [0.15, 0.2) is 0 Å². The Bertz CT molecular complexity index is 6140. The first-order chi connectivity index (χ1) is 52.1. The van der Waals surface area contributed by atoms with Crippen LogP contribution in [0.15, 0.2) is 243 Å². The Morgan fingerprint density at radius 3 is 0.944 bits per heavy atom. The minimum absolute atomic E-state index is 0.0922. The van der Waals surface area contributed by atoms with E-state index in [1.54, 1.807) is 0 Å². The molecule has 21 rings (SSSR count). The lowest BCUT2D eigenvalue weighted by Crippen LogP contribution is -2.54. The second-order valence-corrected chi connectivity index (χ2v) is 33.6. The summed E-state index contributed by atoms with van der Waals surface area (Å²) in [6.45, 7) is 15.1. The monoisotopic (exact) mass is 1380 g/mol. The molecule has 6 unspecified atom stereocenters. The van der Waals surface area contributed by atoms with Gasteiger partial charge in [-0.1, -0.05) is 193 Å². The van der Waals surface area contributed by atoms with E-state index in [-0.39, 0.29) is 32.9 Å². The molecule has 516 valence electrons. The molecule has 3 saturated carbocycles. The zero-order valence-corrected chi connectivity index (χ0v) is 61.8. The van der Waals surface area contributed by atoms with Gasteiger partial charge in [0, 0.05) is 50.4 Å². The van der Waals surface area contributed by atoms with E-state index in [4.69, 9.17) is 0 Å². The lowest BCUT2D eigenvalue weighted by molar-refractivity contribution is 0.195. The first-order valence-electron chi connectivity index (χ1n) is 39.0. The highest BCUT2D eigenvalue weighted by Crippen LogP contribution is 2.66. The van der Waals surface area contributed by atoms with E-state index in [0.717, 1.165) is 55.6 Å². The van der Waals surface area contributed by atoms with Crippen molar-refractivity contribution in [2.75, 3.05) is 14.7 Å². The van der Waals surface area contributed by atoms with Crippen molar-refractivity contribution in [3.05, 3.63) is 276 Å². The van der Waals surface area contributed by atoms with Gasteiger partial charge in [-0.2, -0.15) is 15.8 Å². The standard InChI is InChI=1S/C101H82N6/c1-96-50-13-16-53-99(96,4)105(70-35-26-62(59-102)27-36-70)84-47-32-67(56-81(84)96)73-41-44-78-89-76(73)24-19-25-77(89)92-87(65-20-9-7-10-21-65)94-79-45-42-74(68-33-48-85-82(57-68)97(2)51-14-17-54-100(97,5)106(85)71-37-28-63(60-103)29-38-71)90-75(43-46-80(91(79)90)95(94)88(93(78)92)66-22-11-8-12-23-66)69-34-49-86-83(58-69)98(3)52-15-18-55-101(98,6)107(86)72-39-30-64(61-104)31-40-72/h7-12,19-49,56-58H,13-18,50-55H2,1-6H3. The summed E-state index contributed by atoms with van der Waals surface area (Å²) in [6.07, 6.45) is 13.6. The normalized spacial score (nSPS) is 23.5. The maximum Gasteiger partial charge on any atom is 0.0991 e. The highest BCUT2D eigenvalue weighted by Gasteiger charge is 2.61. The van der Waals surface area contributed by atoms with Crippen LogP contribution in [0.2, 0.25) is 0 Å². The lowest BCUT2D eigenvalue weighted by atomic mass is 9.61. The molecule has 3 fully saturated rings. The number of rotatable bonds is 8. The predicted octanol–water partition coefficient (Wildman–Crippen LogP) is 26.7. The smallest absolute Gasteiger partial charge is 0.0991 e. The topological polar surface area (TPSA) is 81.1 Å². The van der Waals surface area contributed by atoms with Crippen LogP contribution in [0, 0.1) is 34.0 Å². The van der Waals surface area contributed by atoms with Crippen LogP contribution in [0.1, 0.15) is 152 Å². The van der Waals surface area contributed by atoms with Gasteiger partial charge >= 0.3 is 0 Å². The van der Waals surface area contributed by atoms with Crippen LogP contribution in [0.3, 0.4) is 0 Å². The fourth-order valence-electron chi connectivity index (χ4n) is 23.1. The third-order valence-electron chi connectivity index (χ3n) is 28.9. The minimum atomic E-state index is -0.184. The Hall–Kier alpha value is -11.8. The molecule has 6 atom stereocenters. The van der Waals surface area contributed by atoms with Gasteiger partial charge in [-0.05, 0) is 305 Å². The third-order valence-corrected chi connectivity index (χ3v) is 28.9. The summed E-state index contributed by atoms with van der Waals surface area (Å²) in [5.41, 5.74) is 24.9. The quantitative estimate of drug-likeness (QED) is 0.151. The number of fused-ring (bicyclic) bond motifs is 15. The van der Waals surface area contributed by atoms with Crippen LogP contribution < -0.4 is 14.7 Å². The molecule has 0 amide bonds. The molecule has 0 spiro atoms. The Kier molecular flexibility index (Phi) is 13.5. The largest absolute Gasteiger partial charge is 0.334 e. The number of anilines is 6. The molecule has 6 nitrogen and oxygen atoms in total. The highest BCUT2D eigenvalue weighted by molar-refractivity contribution is 6.47. The molecule has 3 aliphatic carbocycles. The molecule has 107 heavy (non-hydrogen) atoms. The van der Waals surface area contributed by atoms with Gasteiger partial charge in [-0.25, -0.2) is 0 Å². The fourth-order valence-corrected chi connectivity index (χ4v) is 23.1. The molecular formula is C101H82N6. The van der Waals surface area contributed by atoms with E-state index in [1.165, 1.54) is 193 Å². The first kappa shape index (κ1) is 63.7. The summed E-state index contributed by atoms with van der Waals surface area (Å²) in [4.78, 5) is 7.88. The number of hydrogen-bond acceptors (Lipinski definition) is 6. The van der Waals surface area contributed by atoms with E-state index in [2.05, 4.69) is 281 Å². The van der Waals surface area contributed by atoms with E-state index in [0.29, 0.717) is 16.7 Å². The minimum Gasteiger partial charge on any atom is -0.334 e. The van der Waals surface area contributed by atoms with Crippen molar-refractivity contribution in [2.24, 2.45) is 0 Å². The van der Waals surface area contributed by atoms with Gasteiger partial charge in [-0.15, -0.1) is 0 Å². The summed E-state index contributed by atoms with van der Waals surface area (Å²) in [6, 6.07) is 99.0. The average Bonchev–Trinajstić information content (AvgIpc) is 1.52. The molecule has 0 saturated heterocycles. The maximum absolute atomic E-state index is 9.99. The van der Waals surface area contributed by atoms with E-state index < -0.39 is 0 Å². The van der Waals surface area contributed by atoms with E-state index in [9.17, 15) is 15.8 Å². The maximum atomic E-state index is 9.99. The number of nitriles is 3. The molecule has 0 radical (unpaired) electrons. The lowest BCUT2D eigenvalue weighted by Gasteiger charge is -2.50. The van der Waals surface area contributed by atoms with Crippen LogP contribution in [0.4, 0.5) is 34.1 Å². The second kappa shape index (κ2) is 22.6. The predicted molar refractivity (Wildman–Crippen MR) is 444 cm³/mol. The van der Waals surface area contributed by atoms with Gasteiger partial charge < -0.3 is 14.7 Å². The number of hydrogen-bond donors (Lipinski definition) is 0. The van der Waals surface area contributed by atoms with Crippen LogP contribution >= 0.6 is 0 Å². The zero-order valence-electron chi connectivity index (χ0n) is 61.8. The van der Waals surface area contributed by atoms with Crippen LogP contribution in [0.5, 0.6) is 0 Å². The van der Waals surface area contributed by atoms with Crippen molar-refractivity contribution in [3.63, 3.8) is 0 Å². The molecule has 15 aromatic rings. The average molecular weight is 1380 g/mol. The summed E-state index contributed by atoms with van der Waals surface area (Å²) in [5, 5.41) is 45.2. The van der Waals surface area contributed by atoms with Crippen LogP contribution in [0.25, 0.3) is 120 Å². The zero-order chi connectivity index (χ0) is 72.3. The third kappa shape index (κ3) is 8.33. The molecule has 6 heteroatoms. The Morgan fingerprint density at radius 1 is 0.262 bits per heavy atom. The highest BCUT2D eigenvalue weighted by atomic mass is 15.3. The van der Waals surface area contributed by atoms with Gasteiger partial charge in [0.1, 0.15) is 0 Å². The van der Waals surface area contributed by atoms with Gasteiger partial charge in [0.2, 0.25) is 0 Å². The van der Waals surface area contributed by atoms with Crippen molar-refractivity contribution >= 4 is 98.8 Å². The van der Waals surface area contributed by atoms with Crippen molar-refractivity contribution in [3.8, 4) is 73.8 Å². The van der Waals surface area contributed by atoms with Crippen LogP contribution in [-0.2, 0) is 16.2 Å². The molecule has 15 aromatic carbocycles. The van der Waals surface area contributed by atoms with E-state index in [1.807, 2.05) is 36.4 Å². The Morgan fingerprint density at radius 2 is 0.579 bits per heavy atom. The molecule has 3 heterocycles. The van der Waals surface area contributed by atoms with Crippen molar-refractivity contribution in [1.82, 2.24) is 0 Å². The summed E-state index contributed by atoms with van der Waals surface area (Å²) < 4.78 is 0. The molecular weight excluding hydrogens is 1300 g/mol. The van der Waals surface area contributed by atoms with Crippen molar-refractivity contribution < 1.29 is 0 Å². The Balaban J connectivity index is 0.841. The summed E-state index contributed by atoms with van der Waals surface area (Å²) in [5.74, 6) is 0. The second-order valence-electron chi connectivity index (χ2n) is 33.6. The molecule has 0 bridgehead atoms. The van der Waals surface area contributed by atoms with Gasteiger partial charge in [0.05, 0.1) is 51.5 Å². The number of nitrogens with zero attached hydrogens (tertiary/aromatic N) is 6. The SMILES string of the molecule is CC12CCCCC1(C)N(c1ccc(C#N)cc1)c1ccc(-c3ccc4c5c(-c6ccccc6)c6c7ccc(-c8ccc9c(c8)C8(C)CCCCC8(C)N9c8ccc(C#N)cc8)c8c(-c9ccc%10c(c9)C9(C)CCCCC9(C)N%10c9ccc(C#N)cc9)ccc(c6c(-c6ccccc6)c5c5cccc3c54)c87)cc12. The summed E-state index contributed by atoms with van der Waals surface area (Å²) >= 11 is 0. The number of benzene rings is 13. The molecule has 6 aliphatic rings. The molecule has 3 aliphatic heterocycles. The fraction of sp³-hybridized carbons (Fsp3) is 0.238. The van der Waals surface area contributed by atoms with Crippen molar-refractivity contribution in [1.29, 1.82) is 15.8 Å². The van der Waals surface area contributed by atoms with Crippen LogP contribution in [-0.4, -0.2) is 16.6 Å².